The highest BCUT2D eigenvalue weighted by atomic mass is 79.9. The number of nitrogens with one attached hydrogen (secondary N) is 1. The lowest BCUT2D eigenvalue weighted by molar-refractivity contribution is -0.111. The summed E-state index contributed by atoms with van der Waals surface area (Å²) in [6, 6.07) is 12.1. The van der Waals surface area contributed by atoms with Crippen molar-refractivity contribution in [2.75, 3.05) is 12.4 Å². The summed E-state index contributed by atoms with van der Waals surface area (Å²) in [5, 5.41) is 2.74. The molecule has 0 radical (unpaired) electrons. The van der Waals surface area contributed by atoms with Crippen LogP contribution in [-0.2, 0) is 9.53 Å². The highest BCUT2D eigenvalue weighted by Gasteiger charge is 2.09. The van der Waals surface area contributed by atoms with Gasteiger partial charge in [0.25, 0.3) is 0 Å². The standard InChI is InChI=1S/C20H20BrNO4/c1-13(2)26-20(24)14-4-8-17(9-5-14)22-19(23)11-6-15-12-16(21)7-10-18(15)25-3/h4-13H,1-3H3,(H,22,23)/b11-6+. The van der Waals surface area contributed by atoms with E-state index in [4.69, 9.17) is 9.47 Å². The van der Waals surface area contributed by atoms with Gasteiger partial charge >= 0.3 is 5.97 Å². The Hall–Kier alpha value is -2.60. The molecular formula is C20H20BrNO4. The molecule has 0 heterocycles. The summed E-state index contributed by atoms with van der Waals surface area (Å²) >= 11 is 3.39. The summed E-state index contributed by atoms with van der Waals surface area (Å²) in [6.45, 7) is 3.58. The Bertz CT molecular complexity index is 813. The number of hydrogen-bond donors (Lipinski definition) is 1. The zero-order chi connectivity index (χ0) is 19.1. The van der Waals surface area contributed by atoms with Gasteiger partial charge in [-0.2, -0.15) is 0 Å². The number of methoxy groups -OCH3 is 1. The SMILES string of the molecule is COc1ccc(Br)cc1/C=C/C(=O)Nc1ccc(C(=O)OC(C)C)cc1. The van der Waals surface area contributed by atoms with E-state index in [0.717, 1.165) is 10.0 Å². The number of amides is 1. The van der Waals surface area contributed by atoms with Crippen LogP contribution in [0.5, 0.6) is 5.75 Å². The fourth-order valence-corrected chi connectivity index (χ4v) is 2.54. The number of hydrogen-bond acceptors (Lipinski definition) is 4. The molecule has 2 aromatic carbocycles. The van der Waals surface area contributed by atoms with Gasteiger partial charge < -0.3 is 14.8 Å². The first-order chi connectivity index (χ1) is 12.4. The minimum absolute atomic E-state index is 0.179. The van der Waals surface area contributed by atoms with Gasteiger partial charge in [-0.3, -0.25) is 4.79 Å². The summed E-state index contributed by atoms with van der Waals surface area (Å²) in [4.78, 5) is 23.9. The Kier molecular flexibility index (Phi) is 6.97. The molecule has 6 heteroatoms. The molecule has 0 fully saturated rings. The molecule has 1 amide bonds. The minimum Gasteiger partial charge on any atom is -0.496 e. The first-order valence-corrected chi connectivity index (χ1v) is 8.82. The van der Waals surface area contributed by atoms with Gasteiger partial charge in [0.05, 0.1) is 18.8 Å². The third kappa shape index (κ3) is 5.74. The number of halogens is 1. The molecule has 0 aromatic heterocycles. The molecule has 5 nitrogen and oxygen atoms in total. The molecule has 0 saturated heterocycles. The number of anilines is 1. The van der Waals surface area contributed by atoms with Gasteiger partial charge in [0, 0.05) is 21.8 Å². The van der Waals surface area contributed by atoms with E-state index in [1.165, 1.54) is 6.08 Å². The molecule has 0 spiro atoms. The number of carbonyl (C=O) groups is 2. The molecule has 0 aliphatic heterocycles. The van der Waals surface area contributed by atoms with Crippen molar-refractivity contribution >= 4 is 39.6 Å². The zero-order valence-electron chi connectivity index (χ0n) is 14.8. The van der Waals surface area contributed by atoms with Crippen molar-refractivity contribution in [3.8, 4) is 5.75 Å². The lowest BCUT2D eigenvalue weighted by atomic mass is 10.2. The van der Waals surface area contributed by atoms with Gasteiger partial charge in [-0.1, -0.05) is 15.9 Å². The molecule has 2 rings (SSSR count). The summed E-state index contributed by atoms with van der Waals surface area (Å²) in [5.41, 5.74) is 1.80. The Morgan fingerprint density at radius 2 is 1.81 bits per heavy atom. The fourth-order valence-electron chi connectivity index (χ4n) is 2.16. The van der Waals surface area contributed by atoms with Crippen LogP contribution in [0.1, 0.15) is 29.8 Å². The van der Waals surface area contributed by atoms with E-state index < -0.39 is 0 Å². The van der Waals surface area contributed by atoms with Crippen LogP contribution >= 0.6 is 15.9 Å². The Labute approximate surface area is 161 Å². The van der Waals surface area contributed by atoms with Crippen molar-refractivity contribution < 1.29 is 19.1 Å². The van der Waals surface area contributed by atoms with Crippen LogP contribution < -0.4 is 10.1 Å². The number of ether oxygens (including phenoxy) is 2. The largest absolute Gasteiger partial charge is 0.496 e. The van der Waals surface area contributed by atoms with E-state index in [1.807, 2.05) is 18.2 Å². The molecule has 0 saturated carbocycles. The predicted molar refractivity (Wildman–Crippen MR) is 105 cm³/mol. The van der Waals surface area contributed by atoms with Crippen LogP contribution in [0.25, 0.3) is 6.08 Å². The molecule has 0 atom stereocenters. The number of esters is 1. The second kappa shape index (κ2) is 9.20. The van der Waals surface area contributed by atoms with E-state index in [0.29, 0.717) is 17.0 Å². The van der Waals surface area contributed by atoms with Crippen molar-refractivity contribution in [1.82, 2.24) is 0 Å². The van der Waals surface area contributed by atoms with Crippen LogP contribution in [-0.4, -0.2) is 25.1 Å². The van der Waals surface area contributed by atoms with Gasteiger partial charge in [-0.15, -0.1) is 0 Å². The summed E-state index contributed by atoms with van der Waals surface area (Å²) in [7, 11) is 1.58. The average molecular weight is 418 g/mol. The lowest BCUT2D eigenvalue weighted by Crippen LogP contribution is -2.12. The molecule has 0 aliphatic rings. The van der Waals surface area contributed by atoms with Crippen molar-refractivity contribution in [3.05, 3.63) is 64.1 Å². The van der Waals surface area contributed by atoms with Crippen LogP contribution in [0, 0.1) is 0 Å². The van der Waals surface area contributed by atoms with E-state index in [1.54, 1.807) is 51.3 Å². The molecule has 0 unspecified atom stereocenters. The Balaban J connectivity index is 2.02. The smallest absolute Gasteiger partial charge is 0.338 e. The maximum Gasteiger partial charge on any atom is 0.338 e. The first-order valence-electron chi connectivity index (χ1n) is 8.02. The van der Waals surface area contributed by atoms with Crippen molar-refractivity contribution in [3.63, 3.8) is 0 Å². The van der Waals surface area contributed by atoms with Crippen LogP contribution in [0.2, 0.25) is 0 Å². The monoisotopic (exact) mass is 417 g/mol. The molecule has 0 bridgehead atoms. The highest BCUT2D eigenvalue weighted by Crippen LogP contribution is 2.24. The normalized spacial score (nSPS) is 10.8. The van der Waals surface area contributed by atoms with Crippen LogP contribution in [0.3, 0.4) is 0 Å². The topological polar surface area (TPSA) is 64.6 Å². The quantitative estimate of drug-likeness (QED) is 0.547. The number of rotatable bonds is 6. The average Bonchev–Trinajstić information content (AvgIpc) is 2.60. The summed E-state index contributed by atoms with van der Waals surface area (Å²) in [5.74, 6) is -0.00525. The van der Waals surface area contributed by atoms with Crippen LogP contribution in [0.15, 0.2) is 53.0 Å². The molecular weight excluding hydrogens is 398 g/mol. The summed E-state index contributed by atoms with van der Waals surface area (Å²) < 4.78 is 11.3. The van der Waals surface area contributed by atoms with Gasteiger partial charge in [0.1, 0.15) is 5.75 Å². The maximum absolute atomic E-state index is 12.1. The molecule has 26 heavy (non-hydrogen) atoms. The van der Waals surface area contributed by atoms with E-state index in [-0.39, 0.29) is 18.0 Å². The summed E-state index contributed by atoms with van der Waals surface area (Å²) in [6.07, 6.45) is 2.92. The van der Waals surface area contributed by atoms with Gasteiger partial charge in [0.15, 0.2) is 0 Å². The van der Waals surface area contributed by atoms with E-state index in [9.17, 15) is 9.59 Å². The van der Waals surface area contributed by atoms with E-state index >= 15 is 0 Å². The van der Waals surface area contributed by atoms with Gasteiger partial charge in [0.2, 0.25) is 5.91 Å². The number of benzene rings is 2. The lowest BCUT2D eigenvalue weighted by Gasteiger charge is -2.08. The Morgan fingerprint density at radius 1 is 1.12 bits per heavy atom. The van der Waals surface area contributed by atoms with E-state index in [2.05, 4.69) is 21.2 Å². The van der Waals surface area contributed by atoms with Gasteiger partial charge in [-0.25, -0.2) is 4.79 Å². The molecule has 0 aliphatic carbocycles. The molecule has 2 aromatic rings. The molecule has 136 valence electrons. The highest BCUT2D eigenvalue weighted by molar-refractivity contribution is 9.10. The molecule has 1 N–H and O–H groups in total. The van der Waals surface area contributed by atoms with Crippen molar-refractivity contribution in [1.29, 1.82) is 0 Å². The van der Waals surface area contributed by atoms with Crippen LogP contribution in [0.4, 0.5) is 5.69 Å². The third-order valence-electron chi connectivity index (χ3n) is 3.34. The number of carbonyl (C=O) groups excluding carboxylic acids is 2. The predicted octanol–water partition coefficient (Wildman–Crippen LogP) is 4.67. The first kappa shape index (κ1) is 19.7. The van der Waals surface area contributed by atoms with Gasteiger partial charge in [-0.05, 0) is 62.4 Å². The van der Waals surface area contributed by atoms with Crippen molar-refractivity contribution in [2.24, 2.45) is 0 Å². The Morgan fingerprint density at radius 3 is 2.42 bits per heavy atom. The minimum atomic E-state index is -0.389. The maximum atomic E-state index is 12.1. The zero-order valence-corrected chi connectivity index (χ0v) is 16.4. The second-order valence-corrected chi connectivity index (χ2v) is 6.66. The second-order valence-electron chi connectivity index (χ2n) is 5.74. The fraction of sp³-hybridized carbons (Fsp3) is 0.200. The third-order valence-corrected chi connectivity index (χ3v) is 3.83. The van der Waals surface area contributed by atoms with Crippen molar-refractivity contribution in [2.45, 2.75) is 20.0 Å².